The summed E-state index contributed by atoms with van der Waals surface area (Å²) in [4.78, 5) is 0. The van der Waals surface area contributed by atoms with Crippen molar-refractivity contribution < 1.29 is 0 Å². The number of hydrogen-bond donors (Lipinski definition) is 0. The molecule has 0 amide bonds. The lowest BCUT2D eigenvalue weighted by Crippen LogP contribution is -1.96. The van der Waals surface area contributed by atoms with E-state index in [1.165, 1.54) is 38.5 Å². The molecule has 0 nitrogen and oxygen atoms in total. The van der Waals surface area contributed by atoms with Crippen LogP contribution in [0.4, 0.5) is 0 Å². The van der Waals surface area contributed by atoms with Crippen molar-refractivity contribution >= 4 is 29.8 Å². The van der Waals surface area contributed by atoms with Crippen molar-refractivity contribution in [1.82, 2.24) is 0 Å². The fourth-order valence-electron chi connectivity index (χ4n) is 1.92. The summed E-state index contributed by atoms with van der Waals surface area (Å²) in [5, 5.41) is 0. The molecule has 0 unspecified atom stereocenters. The first-order valence-corrected chi connectivity index (χ1v) is 8.59. The van der Waals surface area contributed by atoms with Crippen LogP contribution in [0, 0.1) is 5.92 Å². The first-order valence-electron chi connectivity index (χ1n) is 4.73. The average molecular weight is 229 g/mol. The SMILES string of the molecule is CS(Cl)(Cl)CCCC1CCCC1. The minimum atomic E-state index is -1.27. The Morgan fingerprint density at radius 1 is 1.25 bits per heavy atom. The van der Waals surface area contributed by atoms with Gasteiger partial charge in [0.15, 0.2) is 0 Å². The highest BCUT2D eigenvalue weighted by atomic mass is 36.0. The summed E-state index contributed by atoms with van der Waals surface area (Å²) in [6.45, 7) is 0. The molecule has 12 heavy (non-hydrogen) atoms. The van der Waals surface area contributed by atoms with Crippen molar-refractivity contribution in [3.05, 3.63) is 0 Å². The predicted molar refractivity (Wildman–Crippen MR) is 61.3 cm³/mol. The van der Waals surface area contributed by atoms with Crippen LogP contribution in [0.25, 0.3) is 0 Å². The zero-order valence-electron chi connectivity index (χ0n) is 7.69. The van der Waals surface area contributed by atoms with Gasteiger partial charge in [-0.3, -0.25) is 0 Å². The van der Waals surface area contributed by atoms with Gasteiger partial charge in [0.2, 0.25) is 0 Å². The summed E-state index contributed by atoms with van der Waals surface area (Å²) in [5.41, 5.74) is 0. The van der Waals surface area contributed by atoms with Crippen molar-refractivity contribution in [2.45, 2.75) is 38.5 Å². The van der Waals surface area contributed by atoms with E-state index in [1.54, 1.807) is 0 Å². The van der Waals surface area contributed by atoms with Crippen molar-refractivity contribution in [2.24, 2.45) is 5.92 Å². The van der Waals surface area contributed by atoms with E-state index in [9.17, 15) is 0 Å². The summed E-state index contributed by atoms with van der Waals surface area (Å²) in [7, 11) is 10.7. The summed E-state index contributed by atoms with van der Waals surface area (Å²) in [6, 6.07) is 0. The van der Waals surface area contributed by atoms with Gasteiger partial charge in [0, 0.05) is 5.75 Å². The molecule has 1 fully saturated rings. The molecule has 0 N–H and O–H groups in total. The van der Waals surface area contributed by atoms with Crippen LogP contribution < -0.4 is 0 Å². The van der Waals surface area contributed by atoms with E-state index in [-0.39, 0.29) is 0 Å². The van der Waals surface area contributed by atoms with Crippen molar-refractivity contribution in [3.8, 4) is 0 Å². The van der Waals surface area contributed by atoms with E-state index in [1.807, 2.05) is 6.26 Å². The maximum absolute atomic E-state index is 5.97. The number of halogens is 2. The van der Waals surface area contributed by atoms with Crippen LogP contribution in [0.1, 0.15) is 38.5 Å². The molecule has 74 valence electrons. The van der Waals surface area contributed by atoms with Crippen LogP contribution in [0.2, 0.25) is 0 Å². The monoisotopic (exact) mass is 228 g/mol. The summed E-state index contributed by atoms with van der Waals surface area (Å²) >= 11 is 0. The fraction of sp³-hybridized carbons (Fsp3) is 1.00. The van der Waals surface area contributed by atoms with E-state index in [2.05, 4.69) is 0 Å². The molecule has 1 saturated carbocycles. The molecule has 0 saturated heterocycles. The van der Waals surface area contributed by atoms with Crippen molar-refractivity contribution in [3.63, 3.8) is 0 Å². The van der Waals surface area contributed by atoms with Gasteiger partial charge >= 0.3 is 0 Å². The van der Waals surface area contributed by atoms with Crippen molar-refractivity contribution in [1.29, 1.82) is 0 Å². The Kier molecular flexibility index (Phi) is 4.56. The lowest BCUT2D eigenvalue weighted by molar-refractivity contribution is 0.498. The third kappa shape index (κ3) is 4.84. The Bertz CT molecular complexity index is 125. The first kappa shape index (κ1) is 11.0. The van der Waals surface area contributed by atoms with Gasteiger partial charge in [-0.1, -0.05) is 55.5 Å². The first-order chi connectivity index (χ1) is 5.58. The topological polar surface area (TPSA) is 0 Å². The molecule has 1 aliphatic carbocycles. The standard InChI is InChI=1S/C9H18Cl2S/c1-12(10,11)8-4-7-9-5-2-3-6-9/h9H,2-8H2,1H3. The van der Waals surface area contributed by atoms with E-state index >= 15 is 0 Å². The quantitative estimate of drug-likeness (QED) is 0.655. The summed E-state index contributed by atoms with van der Waals surface area (Å²) < 4.78 is 0. The van der Waals surface area contributed by atoms with Crippen LogP contribution in [-0.4, -0.2) is 12.0 Å². The number of rotatable bonds is 4. The third-order valence-electron chi connectivity index (χ3n) is 2.59. The highest BCUT2D eigenvalue weighted by Gasteiger charge is 2.16. The van der Waals surface area contributed by atoms with Crippen LogP contribution >= 0.6 is 29.8 Å². The van der Waals surface area contributed by atoms with Gasteiger partial charge in [0.05, 0.1) is 0 Å². The van der Waals surface area contributed by atoms with Gasteiger partial charge in [0.25, 0.3) is 0 Å². The largest absolute Gasteiger partial charge is 0.0873 e. The molecular weight excluding hydrogens is 211 g/mol. The smallest absolute Gasteiger partial charge is 0.00276 e. The second-order valence-corrected chi connectivity index (χ2v) is 10.6. The molecular formula is C9H18Cl2S. The Balaban J connectivity index is 2.02. The van der Waals surface area contributed by atoms with Gasteiger partial charge in [0.1, 0.15) is 0 Å². The van der Waals surface area contributed by atoms with Gasteiger partial charge in [-0.05, 0) is 25.0 Å². The molecule has 0 atom stereocenters. The molecule has 0 aromatic carbocycles. The average Bonchev–Trinajstić information content (AvgIpc) is 2.36. The zero-order chi connectivity index (χ0) is 9.03. The van der Waals surface area contributed by atoms with Crippen LogP contribution in [0.3, 0.4) is 0 Å². The van der Waals surface area contributed by atoms with Gasteiger partial charge in [-0.25, -0.2) is 0 Å². The van der Waals surface area contributed by atoms with E-state index in [0.717, 1.165) is 11.7 Å². The van der Waals surface area contributed by atoms with E-state index in [4.69, 9.17) is 21.4 Å². The van der Waals surface area contributed by atoms with Crippen LogP contribution in [0.15, 0.2) is 0 Å². The third-order valence-corrected chi connectivity index (χ3v) is 4.52. The molecule has 0 heterocycles. The highest BCUT2D eigenvalue weighted by molar-refractivity contribution is 8.65. The molecule has 3 heteroatoms. The second kappa shape index (κ2) is 4.97. The molecule has 0 aromatic rings. The molecule has 0 bridgehead atoms. The molecule has 0 aromatic heterocycles. The zero-order valence-corrected chi connectivity index (χ0v) is 10.0. The minimum absolute atomic E-state index is 0.986. The van der Waals surface area contributed by atoms with Gasteiger partial charge in [-0.15, -0.1) is 0 Å². The predicted octanol–water partition coefficient (Wildman–Crippen LogP) is 4.70. The molecule has 0 aliphatic heterocycles. The van der Waals surface area contributed by atoms with Crippen LogP contribution in [-0.2, 0) is 0 Å². The lowest BCUT2D eigenvalue weighted by Gasteiger charge is -2.19. The normalized spacial score (nSPS) is 21.6. The molecule has 0 spiro atoms. The lowest BCUT2D eigenvalue weighted by atomic mass is 10.0. The molecule has 0 radical (unpaired) electrons. The maximum atomic E-state index is 5.97. The minimum Gasteiger partial charge on any atom is -0.0873 e. The summed E-state index contributed by atoms with van der Waals surface area (Å²) in [6.07, 6.45) is 10.3. The Labute approximate surface area is 86.3 Å². The Morgan fingerprint density at radius 2 is 1.83 bits per heavy atom. The van der Waals surface area contributed by atoms with Crippen LogP contribution in [0.5, 0.6) is 0 Å². The van der Waals surface area contributed by atoms with E-state index < -0.39 is 8.46 Å². The Hall–Kier alpha value is 0.930. The number of hydrogen-bond acceptors (Lipinski definition) is 0. The van der Waals surface area contributed by atoms with Gasteiger partial charge < -0.3 is 0 Å². The summed E-state index contributed by atoms with van der Waals surface area (Å²) in [5.74, 6) is 2.01. The maximum Gasteiger partial charge on any atom is 0.00276 e. The molecule has 1 rings (SSSR count). The van der Waals surface area contributed by atoms with E-state index in [0.29, 0.717) is 0 Å². The van der Waals surface area contributed by atoms with Crippen molar-refractivity contribution in [2.75, 3.05) is 12.0 Å². The molecule has 1 aliphatic rings. The Morgan fingerprint density at radius 3 is 2.33 bits per heavy atom. The fourth-order valence-corrected chi connectivity index (χ4v) is 3.25. The second-order valence-electron chi connectivity index (χ2n) is 3.87. The van der Waals surface area contributed by atoms with Gasteiger partial charge in [-0.2, -0.15) is 0 Å². The highest BCUT2D eigenvalue weighted by Crippen LogP contribution is 2.55.